The van der Waals surface area contributed by atoms with Gasteiger partial charge in [-0.1, -0.05) is 0 Å². The molecule has 0 bridgehead atoms. The maximum absolute atomic E-state index is 12.8. The first-order chi connectivity index (χ1) is 8.65. The Balaban J connectivity index is 2.19. The minimum atomic E-state index is -0.953. The highest BCUT2D eigenvalue weighted by Gasteiger charge is 2.12. The molecule has 18 heavy (non-hydrogen) atoms. The van der Waals surface area contributed by atoms with E-state index < -0.39 is 5.97 Å². The molecular weight excluding hydrogens is 237 g/mol. The molecule has 0 amide bonds. The smallest absolute Gasteiger partial charge is 0.323 e. The summed E-state index contributed by atoms with van der Waals surface area (Å²) >= 11 is 0. The van der Waals surface area contributed by atoms with E-state index in [4.69, 9.17) is 9.52 Å². The van der Waals surface area contributed by atoms with E-state index in [1.165, 1.54) is 18.4 Å². The minimum Gasteiger partial charge on any atom is -0.480 e. The standard InChI is InChI=1S/C13H12FNO3/c14-10-3-5-11(6-4-10)15(9-13(16)17)8-12-2-1-7-18-12/h1-7H,8-9H2,(H,16,17). The molecule has 0 aliphatic heterocycles. The topological polar surface area (TPSA) is 53.7 Å². The van der Waals surface area contributed by atoms with E-state index in [1.54, 1.807) is 29.2 Å². The van der Waals surface area contributed by atoms with Crippen molar-refractivity contribution in [3.8, 4) is 0 Å². The fourth-order valence-corrected chi connectivity index (χ4v) is 1.64. The van der Waals surface area contributed by atoms with Crippen LogP contribution in [0, 0.1) is 5.82 Å². The highest BCUT2D eigenvalue weighted by atomic mass is 19.1. The summed E-state index contributed by atoms with van der Waals surface area (Å²) in [4.78, 5) is 12.4. The zero-order valence-electron chi connectivity index (χ0n) is 9.54. The van der Waals surface area contributed by atoms with Gasteiger partial charge >= 0.3 is 5.97 Å². The van der Waals surface area contributed by atoms with Crippen LogP contribution in [-0.2, 0) is 11.3 Å². The van der Waals surface area contributed by atoms with E-state index in [-0.39, 0.29) is 12.4 Å². The molecule has 0 atom stereocenters. The van der Waals surface area contributed by atoms with Gasteiger partial charge in [-0.05, 0) is 36.4 Å². The fraction of sp³-hybridized carbons (Fsp3) is 0.154. The number of nitrogens with zero attached hydrogens (tertiary/aromatic N) is 1. The van der Waals surface area contributed by atoms with Gasteiger partial charge in [-0.25, -0.2) is 4.39 Å². The molecule has 0 aliphatic rings. The van der Waals surface area contributed by atoms with Crippen LogP contribution in [0.2, 0.25) is 0 Å². The van der Waals surface area contributed by atoms with Gasteiger partial charge in [-0.15, -0.1) is 0 Å². The summed E-state index contributed by atoms with van der Waals surface area (Å²) in [5.41, 5.74) is 0.634. The van der Waals surface area contributed by atoms with Crippen LogP contribution >= 0.6 is 0 Å². The first kappa shape index (κ1) is 12.2. The van der Waals surface area contributed by atoms with E-state index in [0.717, 1.165) is 0 Å². The Kier molecular flexibility index (Phi) is 3.62. The Bertz CT molecular complexity index is 508. The summed E-state index contributed by atoms with van der Waals surface area (Å²) in [6.07, 6.45) is 1.53. The minimum absolute atomic E-state index is 0.174. The van der Waals surface area contributed by atoms with Crippen LogP contribution in [0.15, 0.2) is 47.1 Å². The van der Waals surface area contributed by atoms with Gasteiger partial charge < -0.3 is 14.4 Å². The van der Waals surface area contributed by atoms with Crippen molar-refractivity contribution < 1.29 is 18.7 Å². The maximum Gasteiger partial charge on any atom is 0.323 e. The number of benzene rings is 1. The first-order valence-corrected chi connectivity index (χ1v) is 5.40. The number of hydrogen-bond donors (Lipinski definition) is 1. The quantitative estimate of drug-likeness (QED) is 0.884. The Morgan fingerprint density at radius 1 is 1.28 bits per heavy atom. The number of carbonyl (C=O) groups is 1. The number of halogens is 1. The summed E-state index contributed by atoms with van der Waals surface area (Å²) in [6, 6.07) is 9.18. The van der Waals surface area contributed by atoms with Crippen molar-refractivity contribution in [1.29, 1.82) is 0 Å². The monoisotopic (exact) mass is 249 g/mol. The van der Waals surface area contributed by atoms with E-state index >= 15 is 0 Å². The van der Waals surface area contributed by atoms with Crippen LogP contribution in [0.1, 0.15) is 5.76 Å². The van der Waals surface area contributed by atoms with E-state index in [0.29, 0.717) is 18.0 Å². The Morgan fingerprint density at radius 2 is 2.00 bits per heavy atom. The van der Waals surface area contributed by atoms with Crippen molar-refractivity contribution in [3.63, 3.8) is 0 Å². The summed E-state index contributed by atoms with van der Waals surface area (Å²) in [5.74, 6) is -0.654. The number of aliphatic carboxylic acids is 1. The summed E-state index contributed by atoms with van der Waals surface area (Å²) < 4.78 is 18.0. The molecule has 0 saturated carbocycles. The molecule has 1 aromatic heterocycles. The summed E-state index contributed by atoms with van der Waals surface area (Å²) in [6.45, 7) is 0.150. The Morgan fingerprint density at radius 3 is 2.56 bits per heavy atom. The SMILES string of the molecule is O=C(O)CN(Cc1ccco1)c1ccc(F)cc1. The third-order valence-corrected chi connectivity index (χ3v) is 2.44. The number of hydrogen-bond acceptors (Lipinski definition) is 3. The molecule has 0 spiro atoms. The molecule has 2 rings (SSSR count). The van der Waals surface area contributed by atoms with Gasteiger partial charge in [0.25, 0.3) is 0 Å². The molecule has 0 fully saturated rings. The van der Waals surface area contributed by atoms with Crippen LogP contribution in [0.4, 0.5) is 10.1 Å². The number of anilines is 1. The molecule has 1 aromatic carbocycles. The van der Waals surface area contributed by atoms with Crippen LogP contribution in [0.25, 0.3) is 0 Å². The van der Waals surface area contributed by atoms with Crippen molar-refractivity contribution in [2.24, 2.45) is 0 Å². The van der Waals surface area contributed by atoms with Gasteiger partial charge in [-0.2, -0.15) is 0 Å². The molecule has 2 aromatic rings. The maximum atomic E-state index is 12.8. The van der Waals surface area contributed by atoms with Crippen LogP contribution in [0.5, 0.6) is 0 Å². The predicted molar refractivity (Wildman–Crippen MR) is 63.8 cm³/mol. The zero-order chi connectivity index (χ0) is 13.0. The van der Waals surface area contributed by atoms with Gasteiger partial charge in [0.15, 0.2) is 0 Å². The van der Waals surface area contributed by atoms with E-state index in [9.17, 15) is 9.18 Å². The third-order valence-electron chi connectivity index (χ3n) is 2.44. The third kappa shape index (κ3) is 3.10. The average molecular weight is 249 g/mol. The number of carboxylic acid groups (broad SMARTS) is 1. The molecule has 0 unspecified atom stereocenters. The second-order valence-electron chi connectivity index (χ2n) is 3.81. The van der Waals surface area contributed by atoms with Crippen LogP contribution in [0.3, 0.4) is 0 Å². The Hall–Kier alpha value is -2.30. The highest BCUT2D eigenvalue weighted by Crippen LogP contribution is 2.17. The molecule has 5 heteroatoms. The predicted octanol–water partition coefficient (Wildman–Crippen LogP) is 2.51. The summed E-state index contributed by atoms with van der Waals surface area (Å²) in [5, 5.41) is 8.88. The number of furan rings is 1. The van der Waals surface area contributed by atoms with Gasteiger partial charge in [0, 0.05) is 5.69 Å². The van der Waals surface area contributed by atoms with Crippen LogP contribution < -0.4 is 4.90 Å². The van der Waals surface area contributed by atoms with Crippen molar-refractivity contribution in [3.05, 3.63) is 54.2 Å². The normalized spacial score (nSPS) is 10.3. The van der Waals surface area contributed by atoms with Gasteiger partial charge in [0.2, 0.25) is 0 Å². The Labute approximate surface area is 103 Å². The molecule has 94 valence electrons. The van der Waals surface area contributed by atoms with Crippen molar-refractivity contribution in [1.82, 2.24) is 0 Å². The lowest BCUT2D eigenvalue weighted by Crippen LogP contribution is -2.28. The lowest BCUT2D eigenvalue weighted by atomic mass is 10.2. The molecule has 0 saturated heterocycles. The molecule has 1 N–H and O–H groups in total. The second kappa shape index (κ2) is 5.35. The average Bonchev–Trinajstić information content (AvgIpc) is 2.81. The van der Waals surface area contributed by atoms with Crippen molar-refractivity contribution >= 4 is 11.7 Å². The fourth-order valence-electron chi connectivity index (χ4n) is 1.64. The number of rotatable bonds is 5. The van der Waals surface area contributed by atoms with Gasteiger partial charge in [-0.3, -0.25) is 4.79 Å². The van der Waals surface area contributed by atoms with Gasteiger partial charge in [0.1, 0.15) is 18.1 Å². The van der Waals surface area contributed by atoms with E-state index in [1.807, 2.05) is 0 Å². The van der Waals surface area contributed by atoms with Crippen LogP contribution in [-0.4, -0.2) is 17.6 Å². The molecule has 0 aliphatic carbocycles. The lowest BCUT2D eigenvalue weighted by Gasteiger charge is -2.21. The second-order valence-corrected chi connectivity index (χ2v) is 3.81. The summed E-state index contributed by atoms with van der Waals surface area (Å²) in [7, 11) is 0. The van der Waals surface area contributed by atoms with Crippen molar-refractivity contribution in [2.45, 2.75) is 6.54 Å². The zero-order valence-corrected chi connectivity index (χ0v) is 9.54. The molecule has 0 radical (unpaired) electrons. The lowest BCUT2D eigenvalue weighted by molar-refractivity contribution is -0.135. The van der Waals surface area contributed by atoms with E-state index in [2.05, 4.69) is 0 Å². The van der Waals surface area contributed by atoms with Gasteiger partial charge in [0.05, 0.1) is 12.8 Å². The van der Waals surface area contributed by atoms with Crippen molar-refractivity contribution in [2.75, 3.05) is 11.4 Å². The number of carboxylic acids is 1. The molecule has 1 heterocycles. The molecular formula is C13H12FNO3. The first-order valence-electron chi connectivity index (χ1n) is 5.40. The molecule has 4 nitrogen and oxygen atoms in total. The highest BCUT2D eigenvalue weighted by molar-refractivity contribution is 5.73. The largest absolute Gasteiger partial charge is 0.480 e.